The first-order chi connectivity index (χ1) is 7.99. The third-order valence-electron chi connectivity index (χ3n) is 2.42. The van der Waals surface area contributed by atoms with E-state index >= 15 is 0 Å². The maximum atomic E-state index is 11.0. The van der Waals surface area contributed by atoms with Gasteiger partial charge in [0, 0.05) is 18.0 Å². The van der Waals surface area contributed by atoms with Gasteiger partial charge in [0.25, 0.3) is 0 Å². The van der Waals surface area contributed by atoms with Gasteiger partial charge in [-0.05, 0) is 40.4 Å². The summed E-state index contributed by atoms with van der Waals surface area (Å²) in [5.74, 6) is -0.592. The molecule has 17 heavy (non-hydrogen) atoms. The number of hydrogen-bond acceptors (Lipinski definition) is 3. The highest BCUT2D eigenvalue weighted by Crippen LogP contribution is 2.21. The Kier molecular flexibility index (Phi) is 6.16. The fourth-order valence-electron chi connectivity index (χ4n) is 1.66. The monoisotopic (exact) mass is 319 g/mol. The predicted octanol–water partition coefficient (Wildman–Crippen LogP) is 3.35. The van der Waals surface area contributed by atoms with Crippen molar-refractivity contribution in [1.29, 1.82) is 0 Å². The first-order valence-electron chi connectivity index (χ1n) is 5.66. The quantitative estimate of drug-likeness (QED) is 0.810. The van der Waals surface area contributed by atoms with Crippen molar-refractivity contribution < 1.29 is 9.90 Å². The fourth-order valence-corrected chi connectivity index (χ4v) is 3.11. The summed E-state index contributed by atoms with van der Waals surface area (Å²) in [7, 11) is 0. The van der Waals surface area contributed by atoms with Crippen LogP contribution in [0.5, 0.6) is 0 Å². The van der Waals surface area contributed by atoms with Crippen LogP contribution in [-0.2, 0) is 11.3 Å². The summed E-state index contributed by atoms with van der Waals surface area (Å²) in [4.78, 5) is 12.3. The minimum Gasteiger partial charge on any atom is -0.481 e. The van der Waals surface area contributed by atoms with Crippen molar-refractivity contribution in [2.75, 3.05) is 6.54 Å². The Morgan fingerprint density at radius 3 is 2.71 bits per heavy atom. The van der Waals surface area contributed by atoms with Crippen LogP contribution < -0.4 is 5.32 Å². The second-order valence-electron chi connectivity index (χ2n) is 4.50. The number of halogens is 1. The summed E-state index contributed by atoms with van der Waals surface area (Å²) < 4.78 is 1.10. The SMILES string of the molecule is CC(C)CC(CNCc1ccc(Br)s1)C(=O)O. The minimum atomic E-state index is -0.710. The molecule has 5 heteroatoms. The summed E-state index contributed by atoms with van der Waals surface area (Å²) in [6.07, 6.45) is 0.719. The molecule has 0 spiro atoms. The Labute approximate surface area is 114 Å². The van der Waals surface area contributed by atoms with Gasteiger partial charge in [0.15, 0.2) is 0 Å². The third kappa shape index (κ3) is 5.66. The Hall–Kier alpha value is -0.390. The van der Waals surface area contributed by atoms with E-state index in [0.29, 0.717) is 12.5 Å². The van der Waals surface area contributed by atoms with Crippen molar-refractivity contribution in [3.63, 3.8) is 0 Å². The molecular formula is C12H18BrNO2S. The lowest BCUT2D eigenvalue weighted by atomic mass is 9.97. The number of aliphatic carboxylic acids is 1. The Morgan fingerprint density at radius 2 is 2.24 bits per heavy atom. The summed E-state index contributed by atoms with van der Waals surface area (Å²) in [6.45, 7) is 5.36. The summed E-state index contributed by atoms with van der Waals surface area (Å²) in [5.41, 5.74) is 0. The molecule has 1 atom stereocenters. The molecule has 0 bridgehead atoms. The smallest absolute Gasteiger partial charge is 0.307 e. The summed E-state index contributed by atoms with van der Waals surface area (Å²) in [5, 5.41) is 12.3. The molecule has 0 aliphatic heterocycles. The predicted molar refractivity (Wildman–Crippen MR) is 74.3 cm³/mol. The highest BCUT2D eigenvalue weighted by Gasteiger charge is 2.18. The molecule has 0 fully saturated rings. The maximum Gasteiger partial charge on any atom is 0.307 e. The third-order valence-corrected chi connectivity index (χ3v) is 4.05. The molecule has 0 aliphatic carbocycles. The van der Waals surface area contributed by atoms with Gasteiger partial charge in [0.2, 0.25) is 0 Å². The van der Waals surface area contributed by atoms with Crippen LogP contribution in [0.2, 0.25) is 0 Å². The number of carboxylic acids is 1. The average Bonchev–Trinajstić information content (AvgIpc) is 2.62. The normalized spacial score (nSPS) is 12.9. The second kappa shape index (κ2) is 7.13. The number of rotatable bonds is 7. The van der Waals surface area contributed by atoms with Crippen molar-refractivity contribution in [3.8, 4) is 0 Å². The molecule has 1 unspecified atom stereocenters. The zero-order chi connectivity index (χ0) is 12.8. The molecule has 0 saturated carbocycles. The number of hydrogen-bond donors (Lipinski definition) is 2. The topological polar surface area (TPSA) is 49.3 Å². The van der Waals surface area contributed by atoms with E-state index in [1.165, 1.54) is 4.88 Å². The van der Waals surface area contributed by atoms with E-state index in [-0.39, 0.29) is 5.92 Å². The molecule has 3 nitrogen and oxygen atoms in total. The molecule has 0 aliphatic rings. The minimum absolute atomic E-state index is 0.293. The number of carboxylic acid groups (broad SMARTS) is 1. The van der Waals surface area contributed by atoms with Crippen LogP contribution in [-0.4, -0.2) is 17.6 Å². The molecule has 1 heterocycles. The van der Waals surface area contributed by atoms with E-state index in [1.807, 2.05) is 26.0 Å². The lowest BCUT2D eigenvalue weighted by Gasteiger charge is -2.14. The van der Waals surface area contributed by atoms with E-state index in [0.717, 1.165) is 16.8 Å². The average molecular weight is 320 g/mol. The zero-order valence-electron chi connectivity index (χ0n) is 10.1. The van der Waals surface area contributed by atoms with Crippen LogP contribution in [0.15, 0.2) is 15.9 Å². The van der Waals surface area contributed by atoms with E-state index in [2.05, 4.69) is 21.2 Å². The molecule has 1 rings (SSSR count). The molecule has 0 radical (unpaired) electrons. The van der Waals surface area contributed by atoms with Gasteiger partial charge in [-0.1, -0.05) is 13.8 Å². The van der Waals surface area contributed by atoms with Crippen molar-refractivity contribution >= 4 is 33.2 Å². The van der Waals surface area contributed by atoms with E-state index in [1.54, 1.807) is 11.3 Å². The van der Waals surface area contributed by atoms with Crippen molar-refractivity contribution in [1.82, 2.24) is 5.32 Å². The van der Waals surface area contributed by atoms with Gasteiger partial charge >= 0.3 is 5.97 Å². The molecule has 1 aromatic rings. The Bertz CT molecular complexity index is 365. The van der Waals surface area contributed by atoms with Crippen molar-refractivity contribution in [2.45, 2.75) is 26.8 Å². The van der Waals surface area contributed by atoms with Crippen LogP contribution in [0.4, 0.5) is 0 Å². The van der Waals surface area contributed by atoms with E-state index in [9.17, 15) is 4.79 Å². The highest BCUT2D eigenvalue weighted by atomic mass is 79.9. The molecular weight excluding hydrogens is 302 g/mol. The number of nitrogens with one attached hydrogen (secondary N) is 1. The van der Waals surface area contributed by atoms with Crippen LogP contribution in [0.1, 0.15) is 25.1 Å². The first-order valence-corrected chi connectivity index (χ1v) is 7.27. The van der Waals surface area contributed by atoms with Gasteiger partial charge in [0.1, 0.15) is 0 Å². The zero-order valence-corrected chi connectivity index (χ0v) is 12.5. The van der Waals surface area contributed by atoms with Crippen LogP contribution in [0.25, 0.3) is 0 Å². The molecule has 0 aromatic carbocycles. The molecule has 2 N–H and O–H groups in total. The van der Waals surface area contributed by atoms with Gasteiger partial charge in [0.05, 0.1) is 9.70 Å². The number of carbonyl (C=O) groups is 1. The number of thiophene rings is 1. The Morgan fingerprint density at radius 1 is 1.53 bits per heavy atom. The molecule has 0 saturated heterocycles. The molecule has 1 aromatic heterocycles. The van der Waals surface area contributed by atoms with Crippen LogP contribution in [0, 0.1) is 11.8 Å². The van der Waals surface area contributed by atoms with Crippen molar-refractivity contribution in [2.24, 2.45) is 11.8 Å². The molecule has 0 amide bonds. The fraction of sp³-hybridized carbons (Fsp3) is 0.583. The molecule has 96 valence electrons. The highest BCUT2D eigenvalue weighted by molar-refractivity contribution is 9.11. The van der Waals surface area contributed by atoms with Gasteiger partial charge in [-0.25, -0.2) is 0 Å². The van der Waals surface area contributed by atoms with E-state index < -0.39 is 5.97 Å². The largest absolute Gasteiger partial charge is 0.481 e. The lowest BCUT2D eigenvalue weighted by molar-refractivity contribution is -0.142. The lowest BCUT2D eigenvalue weighted by Crippen LogP contribution is -2.29. The van der Waals surface area contributed by atoms with Gasteiger partial charge in [-0.15, -0.1) is 11.3 Å². The summed E-state index contributed by atoms with van der Waals surface area (Å²) in [6, 6.07) is 4.05. The Balaban J connectivity index is 2.34. The van der Waals surface area contributed by atoms with Crippen LogP contribution >= 0.6 is 27.3 Å². The first kappa shape index (κ1) is 14.7. The standard InChI is InChI=1S/C12H18BrNO2S/c1-8(2)5-9(12(15)16)6-14-7-10-3-4-11(13)17-10/h3-4,8-9,14H,5-7H2,1-2H3,(H,15,16). The van der Waals surface area contributed by atoms with Crippen LogP contribution in [0.3, 0.4) is 0 Å². The van der Waals surface area contributed by atoms with E-state index in [4.69, 9.17) is 5.11 Å². The maximum absolute atomic E-state index is 11.0. The second-order valence-corrected chi connectivity index (χ2v) is 7.05. The summed E-state index contributed by atoms with van der Waals surface area (Å²) >= 11 is 5.07. The van der Waals surface area contributed by atoms with Gasteiger partial charge in [-0.2, -0.15) is 0 Å². The van der Waals surface area contributed by atoms with Gasteiger partial charge in [-0.3, -0.25) is 4.79 Å². The van der Waals surface area contributed by atoms with Gasteiger partial charge < -0.3 is 10.4 Å². The van der Waals surface area contributed by atoms with Crippen molar-refractivity contribution in [3.05, 3.63) is 20.8 Å².